The first-order chi connectivity index (χ1) is 22.5. The molecule has 0 aromatic heterocycles. The molecule has 1 aliphatic rings. The van der Waals surface area contributed by atoms with E-state index in [4.69, 9.17) is 9.47 Å². The van der Waals surface area contributed by atoms with Crippen LogP contribution in [0.15, 0.2) is 83.8 Å². The van der Waals surface area contributed by atoms with Crippen LogP contribution in [0, 0.1) is 5.92 Å². The van der Waals surface area contributed by atoms with Crippen molar-refractivity contribution < 1.29 is 32.6 Å². The number of likely N-dealkylation sites (N-methyl/N-ethyl adjacent to an activating group) is 1. The smallest absolute Gasteiger partial charge is 0.323 e. The van der Waals surface area contributed by atoms with E-state index in [2.05, 4.69) is 10.6 Å². The molecule has 0 radical (unpaired) electrons. The van der Waals surface area contributed by atoms with E-state index in [0.29, 0.717) is 30.2 Å². The van der Waals surface area contributed by atoms with Crippen LogP contribution in [0.25, 0.3) is 0 Å². The van der Waals surface area contributed by atoms with Gasteiger partial charge >= 0.3 is 6.03 Å². The van der Waals surface area contributed by atoms with Crippen LogP contribution in [-0.2, 0) is 14.8 Å². The summed E-state index contributed by atoms with van der Waals surface area (Å²) in [6.45, 7) is 5.96. The highest BCUT2D eigenvalue weighted by molar-refractivity contribution is 7.89. The number of sulfonamides is 1. The van der Waals surface area contributed by atoms with Gasteiger partial charge < -0.3 is 30.1 Å². The maximum atomic E-state index is 14.3. The SMILES string of the molecule is C[C@@H]1CCCCO[C@@H](CN(C)S(=O)(=O)c2ccccc2)[C@H](C)CN([C@H](C)CO)C(=O)c2cc(NC(=O)Nc3ccccc3)ccc2O1. The summed E-state index contributed by atoms with van der Waals surface area (Å²) in [4.78, 5) is 28.8. The molecule has 47 heavy (non-hydrogen) atoms. The number of fused-ring (bicyclic) bond motifs is 1. The summed E-state index contributed by atoms with van der Waals surface area (Å²) in [5.41, 5.74) is 1.24. The van der Waals surface area contributed by atoms with Crippen molar-refractivity contribution in [3.63, 3.8) is 0 Å². The van der Waals surface area contributed by atoms with Gasteiger partial charge in [-0.05, 0) is 75.6 Å². The predicted octanol–water partition coefficient (Wildman–Crippen LogP) is 5.45. The molecule has 12 heteroatoms. The van der Waals surface area contributed by atoms with Gasteiger partial charge in [-0.15, -0.1) is 0 Å². The zero-order valence-corrected chi connectivity index (χ0v) is 28.3. The van der Waals surface area contributed by atoms with E-state index in [0.717, 1.165) is 12.8 Å². The number of ether oxygens (including phenoxy) is 2. The summed E-state index contributed by atoms with van der Waals surface area (Å²) in [6, 6.07) is 21.1. The maximum absolute atomic E-state index is 14.3. The Balaban J connectivity index is 1.63. The second-order valence-corrected chi connectivity index (χ2v) is 14.1. The first kappa shape index (κ1) is 35.9. The van der Waals surface area contributed by atoms with Crippen LogP contribution in [0.3, 0.4) is 0 Å². The molecule has 11 nitrogen and oxygen atoms in total. The Kier molecular flexibility index (Phi) is 12.8. The number of benzene rings is 3. The summed E-state index contributed by atoms with van der Waals surface area (Å²) in [7, 11) is -2.25. The van der Waals surface area contributed by atoms with Crippen LogP contribution in [0.1, 0.15) is 50.4 Å². The Morgan fingerprint density at radius 1 is 1.00 bits per heavy atom. The summed E-state index contributed by atoms with van der Waals surface area (Å²) >= 11 is 0. The van der Waals surface area contributed by atoms with Crippen LogP contribution < -0.4 is 15.4 Å². The highest BCUT2D eigenvalue weighted by Gasteiger charge is 2.32. The van der Waals surface area contributed by atoms with Crippen molar-refractivity contribution in [2.24, 2.45) is 5.92 Å². The number of carbonyl (C=O) groups excluding carboxylic acids is 2. The second-order valence-electron chi connectivity index (χ2n) is 12.1. The van der Waals surface area contributed by atoms with Crippen LogP contribution in [0.2, 0.25) is 0 Å². The second kappa shape index (κ2) is 16.7. The van der Waals surface area contributed by atoms with E-state index < -0.39 is 34.1 Å². The fourth-order valence-electron chi connectivity index (χ4n) is 5.40. The molecular formula is C35H46N4O7S. The Hall–Kier alpha value is -3.97. The third-order valence-corrected chi connectivity index (χ3v) is 10.1. The highest BCUT2D eigenvalue weighted by Crippen LogP contribution is 2.29. The molecule has 3 aromatic carbocycles. The number of nitrogens with one attached hydrogen (secondary N) is 2. The molecule has 0 aliphatic carbocycles. The Labute approximate surface area is 277 Å². The minimum Gasteiger partial charge on any atom is -0.490 e. The van der Waals surface area contributed by atoms with Crippen LogP contribution in [0.5, 0.6) is 5.75 Å². The first-order valence-corrected chi connectivity index (χ1v) is 17.4. The summed E-state index contributed by atoms with van der Waals surface area (Å²) in [5, 5.41) is 15.8. The van der Waals surface area contributed by atoms with E-state index >= 15 is 0 Å². The van der Waals surface area contributed by atoms with E-state index in [-0.39, 0.29) is 42.2 Å². The number of nitrogens with zero attached hydrogens (tertiary/aromatic N) is 2. The Morgan fingerprint density at radius 3 is 2.34 bits per heavy atom. The molecule has 0 fully saturated rings. The maximum Gasteiger partial charge on any atom is 0.323 e. The monoisotopic (exact) mass is 666 g/mol. The number of urea groups is 1. The predicted molar refractivity (Wildman–Crippen MR) is 182 cm³/mol. The number of aliphatic hydroxyl groups excluding tert-OH is 1. The third-order valence-electron chi connectivity index (χ3n) is 8.23. The molecular weight excluding hydrogens is 620 g/mol. The van der Waals surface area contributed by atoms with Gasteiger partial charge in [0, 0.05) is 44.0 Å². The lowest BCUT2D eigenvalue weighted by molar-refractivity contribution is -0.00833. The fraction of sp³-hybridized carbons (Fsp3) is 0.429. The Bertz CT molecular complexity index is 1570. The number of aliphatic hydroxyl groups is 1. The molecule has 0 saturated heterocycles. The molecule has 1 aliphatic heterocycles. The summed E-state index contributed by atoms with van der Waals surface area (Å²) < 4.78 is 40.6. The molecule has 3 aromatic rings. The van der Waals surface area contributed by atoms with Gasteiger partial charge in [-0.25, -0.2) is 13.2 Å². The lowest BCUT2D eigenvalue weighted by atomic mass is 10.0. The summed E-state index contributed by atoms with van der Waals surface area (Å²) in [6.07, 6.45) is 1.50. The number of rotatable bonds is 8. The Morgan fingerprint density at radius 2 is 1.66 bits per heavy atom. The van der Waals surface area contributed by atoms with E-state index in [1.807, 2.05) is 32.0 Å². The summed E-state index contributed by atoms with van der Waals surface area (Å²) in [5.74, 6) is -0.336. The van der Waals surface area contributed by atoms with Crippen LogP contribution >= 0.6 is 0 Å². The molecule has 1 heterocycles. The largest absolute Gasteiger partial charge is 0.490 e. The van der Waals surface area contributed by atoms with Crippen molar-refractivity contribution in [1.82, 2.24) is 9.21 Å². The van der Waals surface area contributed by atoms with Crippen molar-refractivity contribution >= 4 is 33.3 Å². The molecule has 4 rings (SSSR count). The quantitative estimate of drug-likeness (QED) is 0.291. The standard InChI is InChI=1S/C35H46N4O7S/c1-25-22-39(26(2)24-40)34(41)31-21-29(37-35(42)36-28-14-7-5-8-15-28)18-19-32(31)46-27(3)13-11-12-20-45-33(25)23-38(4)47(43,44)30-16-9-6-10-17-30/h5-10,14-19,21,25-27,33,40H,11-13,20,22-24H2,1-4H3,(H2,36,37,42)/t25-,26-,27-,33+/m1/s1. The lowest BCUT2D eigenvalue weighted by Gasteiger charge is -2.35. The first-order valence-electron chi connectivity index (χ1n) is 16.0. The minimum atomic E-state index is -3.77. The number of para-hydroxylation sites is 1. The molecule has 0 spiro atoms. The zero-order valence-electron chi connectivity index (χ0n) is 27.5. The number of hydrogen-bond acceptors (Lipinski definition) is 7. The van der Waals surface area contributed by atoms with Gasteiger partial charge in [0.15, 0.2) is 0 Å². The van der Waals surface area contributed by atoms with E-state index in [1.54, 1.807) is 72.5 Å². The fourth-order valence-corrected chi connectivity index (χ4v) is 6.61. The van der Waals surface area contributed by atoms with Gasteiger partial charge in [0.25, 0.3) is 5.91 Å². The minimum absolute atomic E-state index is 0.0780. The van der Waals surface area contributed by atoms with Crippen molar-refractivity contribution in [2.75, 3.05) is 44.0 Å². The van der Waals surface area contributed by atoms with Gasteiger partial charge in [0.2, 0.25) is 10.0 Å². The third kappa shape index (κ3) is 9.77. The van der Waals surface area contributed by atoms with Crippen LogP contribution in [0.4, 0.5) is 16.2 Å². The number of carbonyl (C=O) groups is 2. The molecule has 3 amide bonds. The van der Waals surface area contributed by atoms with E-state index in [1.165, 1.54) is 11.4 Å². The number of anilines is 2. The van der Waals surface area contributed by atoms with Gasteiger partial charge in [0.05, 0.1) is 35.3 Å². The normalized spacial score (nSPS) is 20.4. The van der Waals surface area contributed by atoms with Crippen LogP contribution in [-0.4, -0.2) is 86.3 Å². The lowest BCUT2D eigenvalue weighted by Crippen LogP contribution is -2.48. The highest BCUT2D eigenvalue weighted by atomic mass is 32.2. The van der Waals surface area contributed by atoms with Crippen molar-refractivity contribution in [3.8, 4) is 5.75 Å². The van der Waals surface area contributed by atoms with Gasteiger partial charge in [0.1, 0.15) is 5.75 Å². The average molecular weight is 667 g/mol. The van der Waals surface area contributed by atoms with Gasteiger partial charge in [-0.1, -0.05) is 43.3 Å². The van der Waals surface area contributed by atoms with E-state index in [9.17, 15) is 23.1 Å². The van der Waals surface area contributed by atoms with Crippen molar-refractivity contribution in [2.45, 2.75) is 63.2 Å². The molecule has 3 N–H and O–H groups in total. The topological polar surface area (TPSA) is 138 Å². The van der Waals surface area contributed by atoms with Gasteiger partial charge in [-0.3, -0.25) is 4.79 Å². The molecule has 0 saturated carbocycles. The molecule has 0 unspecified atom stereocenters. The van der Waals surface area contributed by atoms with Crippen molar-refractivity contribution in [3.05, 3.63) is 84.4 Å². The van der Waals surface area contributed by atoms with Gasteiger partial charge in [-0.2, -0.15) is 4.31 Å². The average Bonchev–Trinajstić information content (AvgIpc) is 3.06. The molecule has 4 atom stereocenters. The number of hydrogen-bond donors (Lipinski definition) is 3. The number of amides is 3. The molecule has 254 valence electrons. The molecule has 0 bridgehead atoms. The van der Waals surface area contributed by atoms with Crippen molar-refractivity contribution in [1.29, 1.82) is 0 Å². The zero-order chi connectivity index (χ0) is 34.0.